The highest BCUT2D eigenvalue weighted by Crippen LogP contribution is 2.71. The van der Waals surface area contributed by atoms with Gasteiger partial charge in [-0.2, -0.15) is 0 Å². The molecule has 2 heteroatoms. The minimum Gasteiger partial charge on any atom is -0.281 e. The molecule has 3 unspecified atom stereocenters. The molecule has 0 radical (unpaired) electrons. The van der Waals surface area contributed by atoms with Gasteiger partial charge in [-0.1, -0.05) is 12.8 Å². The van der Waals surface area contributed by atoms with E-state index in [1.54, 1.807) is 0 Å². The van der Waals surface area contributed by atoms with E-state index in [-0.39, 0.29) is 11.2 Å². The summed E-state index contributed by atoms with van der Waals surface area (Å²) >= 11 is 5.50. The molecule has 3 fully saturated rings. The molecule has 3 aliphatic rings. The van der Waals surface area contributed by atoms with Crippen LogP contribution < -0.4 is 0 Å². The summed E-state index contributed by atoms with van der Waals surface area (Å²) in [5.74, 6) is 1.80. The predicted molar refractivity (Wildman–Crippen MR) is 51.5 cm³/mol. The van der Waals surface area contributed by atoms with Crippen LogP contribution in [-0.4, -0.2) is 5.24 Å². The Labute approximate surface area is 83.8 Å². The average Bonchev–Trinajstić information content (AvgIpc) is 2.88. The van der Waals surface area contributed by atoms with Crippen LogP contribution in [0.3, 0.4) is 0 Å². The topological polar surface area (TPSA) is 17.1 Å². The van der Waals surface area contributed by atoms with Gasteiger partial charge in [-0.3, -0.25) is 4.79 Å². The van der Waals surface area contributed by atoms with Gasteiger partial charge in [0, 0.05) is 5.92 Å². The zero-order valence-electron chi connectivity index (χ0n) is 7.76. The van der Waals surface area contributed by atoms with Crippen LogP contribution in [0.2, 0.25) is 0 Å². The van der Waals surface area contributed by atoms with E-state index in [1.807, 2.05) is 0 Å². The minimum atomic E-state index is -0.0787. The Morgan fingerprint density at radius 3 is 2.54 bits per heavy atom. The number of halogens is 1. The fourth-order valence-corrected chi connectivity index (χ4v) is 3.81. The molecule has 13 heavy (non-hydrogen) atoms. The molecule has 0 aromatic heterocycles. The number of rotatable bonds is 2. The van der Waals surface area contributed by atoms with Gasteiger partial charge in [0.2, 0.25) is 5.24 Å². The molecule has 0 aromatic rings. The van der Waals surface area contributed by atoms with Crippen molar-refractivity contribution in [3.63, 3.8) is 0 Å². The Morgan fingerprint density at radius 1 is 1.31 bits per heavy atom. The monoisotopic (exact) mass is 198 g/mol. The van der Waals surface area contributed by atoms with E-state index in [9.17, 15) is 4.79 Å². The predicted octanol–water partition coefficient (Wildman–Crippen LogP) is 2.97. The van der Waals surface area contributed by atoms with E-state index < -0.39 is 0 Å². The Morgan fingerprint density at radius 2 is 2.00 bits per heavy atom. The highest BCUT2D eigenvalue weighted by Gasteiger charge is 2.64. The lowest BCUT2D eigenvalue weighted by atomic mass is 9.99. The standard InChI is InChI=1S/C11H15ClO/c12-10(13)8-5-7(8)9-6-11(9)3-1-2-4-11/h7-9H,1-6H2. The van der Waals surface area contributed by atoms with Crippen LogP contribution >= 0.6 is 11.6 Å². The molecule has 72 valence electrons. The highest BCUT2D eigenvalue weighted by atomic mass is 35.5. The molecule has 0 amide bonds. The van der Waals surface area contributed by atoms with Crippen LogP contribution in [0.1, 0.15) is 38.5 Å². The Bertz CT molecular complexity index is 255. The molecule has 3 atom stereocenters. The molecule has 0 bridgehead atoms. The molecule has 1 nitrogen and oxygen atoms in total. The molecule has 3 aliphatic carbocycles. The molecule has 3 saturated carbocycles. The third-order valence-electron chi connectivity index (χ3n) is 4.50. The molecule has 0 N–H and O–H groups in total. The van der Waals surface area contributed by atoms with Crippen LogP contribution in [0.25, 0.3) is 0 Å². The first-order chi connectivity index (χ1) is 6.23. The van der Waals surface area contributed by atoms with Gasteiger partial charge in [0.1, 0.15) is 0 Å². The Balaban J connectivity index is 1.63. The fourth-order valence-electron chi connectivity index (χ4n) is 3.56. The van der Waals surface area contributed by atoms with Crippen LogP contribution in [0.4, 0.5) is 0 Å². The lowest BCUT2D eigenvalue weighted by Gasteiger charge is -2.06. The first kappa shape index (κ1) is 8.28. The second-order valence-electron chi connectivity index (χ2n) is 5.19. The maximum Gasteiger partial charge on any atom is 0.225 e. The molecule has 0 aliphatic heterocycles. The second-order valence-corrected chi connectivity index (χ2v) is 5.56. The summed E-state index contributed by atoms with van der Waals surface area (Å²) in [6, 6.07) is 0. The van der Waals surface area contributed by atoms with Gasteiger partial charge in [0.25, 0.3) is 0 Å². The zero-order valence-corrected chi connectivity index (χ0v) is 8.52. The number of hydrogen-bond donors (Lipinski definition) is 0. The van der Waals surface area contributed by atoms with Gasteiger partial charge in [0.15, 0.2) is 0 Å². The van der Waals surface area contributed by atoms with Gasteiger partial charge in [0.05, 0.1) is 0 Å². The van der Waals surface area contributed by atoms with E-state index in [2.05, 4.69) is 0 Å². The second kappa shape index (κ2) is 2.50. The molecule has 0 heterocycles. The summed E-state index contributed by atoms with van der Waals surface area (Å²) in [6.07, 6.45) is 8.19. The van der Waals surface area contributed by atoms with Crippen molar-refractivity contribution in [2.75, 3.05) is 0 Å². The maximum absolute atomic E-state index is 10.9. The van der Waals surface area contributed by atoms with Crippen molar-refractivity contribution in [1.29, 1.82) is 0 Å². The van der Waals surface area contributed by atoms with E-state index in [1.165, 1.54) is 32.1 Å². The van der Waals surface area contributed by atoms with E-state index >= 15 is 0 Å². The third kappa shape index (κ3) is 1.16. The maximum atomic E-state index is 10.9. The molecular formula is C11H15ClO. The smallest absolute Gasteiger partial charge is 0.225 e. The Kier molecular flexibility index (Phi) is 1.59. The first-order valence-corrected chi connectivity index (χ1v) is 5.80. The van der Waals surface area contributed by atoms with Gasteiger partial charge in [-0.25, -0.2) is 0 Å². The summed E-state index contributed by atoms with van der Waals surface area (Å²) in [4.78, 5) is 10.9. The van der Waals surface area contributed by atoms with Crippen molar-refractivity contribution < 1.29 is 4.79 Å². The van der Waals surface area contributed by atoms with E-state index in [0.29, 0.717) is 11.3 Å². The quantitative estimate of drug-likeness (QED) is 0.624. The molecule has 0 saturated heterocycles. The summed E-state index contributed by atoms with van der Waals surface area (Å²) in [5.41, 5.74) is 0.700. The fraction of sp³-hybridized carbons (Fsp3) is 0.909. The van der Waals surface area contributed by atoms with E-state index in [4.69, 9.17) is 11.6 Å². The van der Waals surface area contributed by atoms with Crippen LogP contribution in [0.5, 0.6) is 0 Å². The highest BCUT2D eigenvalue weighted by molar-refractivity contribution is 6.64. The van der Waals surface area contributed by atoms with Gasteiger partial charge < -0.3 is 0 Å². The zero-order chi connectivity index (χ0) is 9.05. The summed E-state index contributed by atoms with van der Waals surface area (Å²) < 4.78 is 0. The lowest BCUT2D eigenvalue weighted by molar-refractivity contribution is -0.113. The summed E-state index contributed by atoms with van der Waals surface area (Å²) in [7, 11) is 0. The largest absolute Gasteiger partial charge is 0.281 e. The van der Waals surface area contributed by atoms with Crippen molar-refractivity contribution >= 4 is 16.8 Å². The van der Waals surface area contributed by atoms with Crippen molar-refractivity contribution in [2.45, 2.75) is 38.5 Å². The Hall–Kier alpha value is -0.0400. The lowest BCUT2D eigenvalue weighted by Crippen LogP contribution is -2.01. The molecule has 0 aromatic carbocycles. The normalized spacial score (nSPS) is 45.2. The number of hydrogen-bond acceptors (Lipinski definition) is 1. The van der Waals surface area contributed by atoms with Gasteiger partial charge >= 0.3 is 0 Å². The van der Waals surface area contributed by atoms with Crippen molar-refractivity contribution in [2.24, 2.45) is 23.2 Å². The minimum absolute atomic E-state index is 0.0787. The van der Waals surface area contributed by atoms with Crippen molar-refractivity contribution in [1.82, 2.24) is 0 Å². The van der Waals surface area contributed by atoms with Crippen LogP contribution in [-0.2, 0) is 4.79 Å². The molecule has 3 rings (SSSR count). The third-order valence-corrected chi connectivity index (χ3v) is 4.78. The number of carbonyl (C=O) groups excluding carboxylic acids is 1. The summed E-state index contributed by atoms with van der Waals surface area (Å²) in [5, 5.41) is -0.0787. The van der Waals surface area contributed by atoms with Crippen molar-refractivity contribution in [3.8, 4) is 0 Å². The summed E-state index contributed by atoms with van der Waals surface area (Å²) in [6.45, 7) is 0. The molecule has 1 spiro atoms. The number of carbonyl (C=O) groups is 1. The van der Waals surface area contributed by atoms with E-state index in [0.717, 1.165) is 12.3 Å². The average molecular weight is 199 g/mol. The molecular weight excluding hydrogens is 184 g/mol. The van der Waals surface area contributed by atoms with Crippen LogP contribution in [0, 0.1) is 23.2 Å². The first-order valence-electron chi connectivity index (χ1n) is 5.42. The van der Waals surface area contributed by atoms with Gasteiger partial charge in [-0.15, -0.1) is 0 Å². The van der Waals surface area contributed by atoms with Crippen LogP contribution in [0.15, 0.2) is 0 Å². The SMILES string of the molecule is O=C(Cl)C1CC1C1CC12CCCC2. The van der Waals surface area contributed by atoms with Gasteiger partial charge in [-0.05, 0) is 54.5 Å². The van der Waals surface area contributed by atoms with Crippen molar-refractivity contribution in [3.05, 3.63) is 0 Å².